The van der Waals surface area contributed by atoms with Gasteiger partial charge in [-0.2, -0.15) is 5.26 Å². The maximum atomic E-state index is 13.6. The summed E-state index contributed by atoms with van der Waals surface area (Å²) in [5.41, 5.74) is 4.87. The molecule has 1 aliphatic rings. The summed E-state index contributed by atoms with van der Waals surface area (Å²) in [5.74, 6) is 0.0877. The van der Waals surface area contributed by atoms with E-state index in [-0.39, 0.29) is 5.91 Å². The number of unbranched alkanes of at least 4 members (excludes halogenated alkanes) is 1. The molecule has 0 atom stereocenters. The third-order valence-corrected chi connectivity index (χ3v) is 6.96. The van der Waals surface area contributed by atoms with Crippen molar-refractivity contribution in [1.29, 1.82) is 5.26 Å². The van der Waals surface area contributed by atoms with Crippen molar-refractivity contribution < 1.29 is 4.79 Å². The number of hydrogen-bond donors (Lipinski definition) is 0. The van der Waals surface area contributed by atoms with Crippen molar-refractivity contribution in [3.8, 4) is 6.07 Å². The van der Waals surface area contributed by atoms with Gasteiger partial charge in [-0.3, -0.25) is 4.79 Å². The van der Waals surface area contributed by atoms with Crippen molar-refractivity contribution in [1.82, 2.24) is 19.4 Å². The fourth-order valence-corrected chi connectivity index (χ4v) is 4.90. The molecule has 37 heavy (non-hydrogen) atoms. The van der Waals surface area contributed by atoms with Gasteiger partial charge in [-0.25, -0.2) is 4.98 Å². The maximum Gasteiger partial charge on any atom is 0.254 e. The van der Waals surface area contributed by atoms with E-state index in [0.29, 0.717) is 25.2 Å². The van der Waals surface area contributed by atoms with Crippen LogP contribution in [-0.2, 0) is 13.1 Å². The third-order valence-electron chi connectivity index (χ3n) is 6.96. The standard InChI is InChI=1S/C31H31N5O/c1-2-3-9-27-21-35(31(37)30-11-6-8-26-7-4-5-10-29(26)30)17-16-34(27)22-28-19-33-23-36(28)20-25-14-12-24(18-32)13-15-25/h4-15,19,23H,2-3,16-17,20-22H2,1H3/b27-9+. The van der Waals surface area contributed by atoms with E-state index in [1.807, 2.05) is 72.0 Å². The third kappa shape index (κ3) is 5.41. The highest BCUT2D eigenvalue weighted by atomic mass is 16.2. The number of amides is 1. The average molecular weight is 490 g/mol. The van der Waals surface area contributed by atoms with E-state index in [9.17, 15) is 4.79 Å². The molecule has 186 valence electrons. The molecule has 0 unspecified atom stereocenters. The molecule has 0 bridgehead atoms. The molecule has 1 saturated heterocycles. The molecule has 5 rings (SSSR count). The van der Waals surface area contributed by atoms with E-state index in [1.165, 1.54) is 5.70 Å². The zero-order chi connectivity index (χ0) is 25.6. The molecule has 1 aliphatic heterocycles. The quantitative estimate of drug-likeness (QED) is 0.339. The van der Waals surface area contributed by atoms with Crippen molar-refractivity contribution in [2.45, 2.75) is 32.9 Å². The van der Waals surface area contributed by atoms with Gasteiger partial charge >= 0.3 is 0 Å². The first-order valence-electron chi connectivity index (χ1n) is 12.9. The number of hydrogen-bond acceptors (Lipinski definition) is 4. The number of nitrogens with zero attached hydrogens (tertiary/aromatic N) is 5. The van der Waals surface area contributed by atoms with E-state index in [2.05, 4.69) is 45.7 Å². The summed E-state index contributed by atoms with van der Waals surface area (Å²) in [6.07, 6.45) is 8.11. The molecule has 6 heteroatoms. The molecule has 4 aromatic rings. The Kier molecular flexibility index (Phi) is 7.32. The predicted molar refractivity (Wildman–Crippen MR) is 146 cm³/mol. The Bertz CT molecular complexity index is 1460. The van der Waals surface area contributed by atoms with E-state index >= 15 is 0 Å². The first kappa shape index (κ1) is 24.3. The Balaban J connectivity index is 1.33. The number of aromatic nitrogens is 2. The monoisotopic (exact) mass is 489 g/mol. The number of nitriles is 1. The fourth-order valence-electron chi connectivity index (χ4n) is 4.90. The van der Waals surface area contributed by atoms with Gasteiger partial charge in [0.15, 0.2) is 0 Å². The predicted octanol–water partition coefficient (Wildman–Crippen LogP) is 5.60. The van der Waals surface area contributed by atoms with Crippen molar-refractivity contribution in [2.75, 3.05) is 19.6 Å². The molecule has 0 spiro atoms. The van der Waals surface area contributed by atoms with Gasteiger partial charge in [0.1, 0.15) is 0 Å². The molecular weight excluding hydrogens is 458 g/mol. The molecule has 0 N–H and O–H groups in total. The molecule has 1 aromatic heterocycles. The minimum Gasteiger partial charge on any atom is -0.366 e. The van der Waals surface area contributed by atoms with Crippen molar-refractivity contribution in [3.05, 3.63) is 113 Å². The zero-order valence-corrected chi connectivity index (χ0v) is 21.2. The normalized spacial score (nSPS) is 14.8. The van der Waals surface area contributed by atoms with Crippen LogP contribution in [0.3, 0.4) is 0 Å². The number of carbonyl (C=O) groups is 1. The largest absolute Gasteiger partial charge is 0.366 e. The highest BCUT2D eigenvalue weighted by Crippen LogP contribution is 2.24. The molecule has 6 nitrogen and oxygen atoms in total. The summed E-state index contributed by atoms with van der Waals surface area (Å²) in [4.78, 5) is 22.4. The van der Waals surface area contributed by atoms with Gasteiger partial charge in [0.2, 0.25) is 0 Å². The van der Waals surface area contributed by atoms with E-state index in [0.717, 1.165) is 53.5 Å². The second-order valence-electron chi connectivity index (χ2n) is 9.48. The summed E-state index contributed by atoms with van der Waals surface area (Å²) in [6.45, 7) is 5.67. The summed E-state index contributed by atoms with van der Waals surface area (Å²) in [7, 11) is 0. The summed E-state index contributed by atoms with van der Waals surface area (Å²) >= 11 is 0. The lowest BCUT2D eigenvalue weighted by Crippen LogP contribution is -2.47. The topological polar surface area (TPSA) is 65.2 Å². The van der Waals surface area contributed by atoms with Crippen LogP contribution in [0, 0.1) is 11.3 Å². The van der Waals surface area contributed by atoms with E-state index in [1.54, 1.807) is 0 Å². The number of fused-ring (bicyclic) bond motifs is 1. The summed E-state index contributed by atoms with van der Waals surface area (Å²) in [5, 5.41) is 11.2. The molecule has 1 fully saturated rings. The lowest BCUT2D eigenvalue weighted by molar-refractivity contribution is 0.0695. The number of piperazine rings is 1. The minimum atomic E-state index is 0.0877. The molecule has 0 aliphatic carbocycles. The first-order chi connectivity index (χ1) is 18.2. The second kappa shape index (κ2) is 11.1. The minimum absolute atomic E-state index is 0.0877. The molecule has 2 heterocycles. The molecular formula is C31H31N5O. The van der Waals surface area contributed by atoms with Crippen LogP contribution < -0.4 is 0 Å². The van der Waals surface area contributed by atoms with Crippen molar-refractivity contribution >= 4 is 16.7 Å². The highest BCUT2D eigenvalue weighted by Gasteiger charge is 2.26. The molecule has 3 aromatic carbocycles. The van der Waals surface area contributed by atoms with Crippen LogP contribution in [-0.4, -0.2) is 44.9 Å². The first-order valence-corrected chi connectivity index (χ1v) is 12.9. The Morgan fingerprint density at radius 3 is 2.65 bits per heavy atom. The maximum absolute atomic E-state index is 13.6. The van der Waals surface area contributed by atoms with Gasteiger partial charge in [0.25, 0.3) is 5.91 Å². The average Bonchev–Trinajstić information content (AvgIpc) is 3.38. The number of allylic oxidation sites excluding steroid dienone is 1. The van der Waals surface area contributed by atoms with Gasteiger partial charge < -0.3 is 14.4 Å². The Labute approximate surface area is 218 Å². The van der Waals surface area contributed by atoms with Crippen LogP contribution in [0.15, 0.2) is 91.0 Å². The van der Waals surface area contributed by atoms with Crippen molar-refractivity contribution in [3.63, 3.8) is 0 Å². The SMILES string of the molecule is CCC/C=C1\CN(C(=O)c2cccc3ccccc23)CCN1Cc1cncn1Cc1ccc(C#N)cc1. The fraction of sp³-hybridized carbons (Fsp3) is 0.258. The van der Waals surface area contributed by atoms with E-state index < -0.39 is 0 Å². The van der Waals surface area contributed by atoms with Crippen LogP contribution in [0.1, 0.15) is 46.9 Å². The van der Waals surface area contributed by atoms with Gasteiger partial charge in [-0.05, 0) is 41.0 Å². The van der Waals surface area contributed by atoms with Crippen LogP contribution in [0.5, 0.6) is 0 Å². The number of rotatable bonds is 7. The van der Waals surface area contributed by atoms with Crippen LogP contribution >= 0.6 is 0 Å². The van der Waals surface area contributed by atoms with Gasteiger partial charge in [-0.1, -0.05) is 68.0 Å². The second-order valence-corrected chi connectivity index (χ2v) is 9.48. The van der Waals surface area contributed by atoms with Crippen LogP contribution in [0.4, 0.5) is 0 Å². The lowest BCUT2D eigenvalue weighted by Gasteiger charge is -2.38. The smallest absolute Gasteiger partial charge is 0.254 e. The van der Waals surface area contributed by atoms with Gasteiger partial charge in [0.05, 0.1) is 36.7 Å². The Morgan fingerprint density at radius 2 is 1.84 bits per heavy atom. The van der Waals surface area contributed by atoms with Crippen LogP contribution in [0.25, 0.3) is 10.8 Å². The Morgan fingerprint density at radius 1 is 1.03 bits per heavy atom. The number of carbonyl (C=O) groups excluding carboxylic acids is 1. The number of benzene rings is 3. The molecule has 1 amide bonds. The molecule has 0 saturated carbocycles. The zero-order valence-electron chi connectivity index (χ0n) is 21.2. The van der Waals surface area contributed by atoms with Gasteiger partial charge in [0, 0.05) is 37.1 Å². The van der Waals surface area contributed by atoms with Gasteiger partial charge in [-0.15, -0.1) is 0 Å². The van der Waals surface area contributed by atoms with E-state index in [4.69, 9.17) is 5.26 Å². The number of imidazole rings is 1. The summed E-state index contributed by atoms with van der Waals surface area (Å²) < 4.78 is 2.16. The van der Waals surface area contributed by atoms with Crippen LogP contribution in [0.2, 0.25) is 0 Å². The molecule has 0 radical (unpaired) electrons. The highest BCUT2D eigenvalue weighted by molar-refractivity contribution is 6.07. The summed E-state index contributed by atoms with van der Waals surface area (Å²) in [6, 6.07) is 23.9. The van der Waals surface area contributed by atoms with Crippen molar-refractivity contribution in [2.24, 2.45) is 0 Å². The Hall–Kier alpha value is -4.37. The lowest BCUT2D eigenvalue weighted by atomic mass is 10.0.